The normalized spacial score (nSPS) is 28.5. The zero-order valence-electron chi connectivity index (χ0n) is 12.5. The van der Waals surface area contributed by atoms with Crippen LogP contribution < -0.4 is 15.4 Å². The average molecular weight is 318 g/mol. The fourth-order valence-corrected chi connectivity index (χ4v) is 3.46. The molecule has 0 amide bonds. The monoisotopic (exact) mass is 318 g/mol. The van der Waals surface area contributed by atoms with E-state index >= 15 is 0 Å². The van der Waals surface area contributed by atoms with Crippen LogP contribution in [0.2, 0.25) is 0 Å². The van der Waals surface area contributed by atoms with E-state index in [0.29, 0.717) is 17.5 Å². The molecule has 0 aliphatic carbocycles. The largest absolute Gasteiger partial charge is 0.466 e. The van der Waals surface area contributed by atoms with E-state index in [1.807, 2.05) is 25.1 Å². The van der Waals surface area contributed by atoms with Crippen molar-refractivity contribution in [3.8, 4) is 5.75 Å². The van der Waals surface area contributed by atoms with Crippen molar-refractivity contribution in [2.45, 2.75) is 25.6 Å². The standard InChI is InChI=1S/C16H18N2O3S/c1-4-9-7-6-8-10-12-11(14(19)20-5-2)16(3,21-13(9)10)18-15(22)17-12/h4,6-8,11-12H,1,5H2,2-3H3,(H2,17,18,22)/t11?,12?,16-/m0/s1. The van der Waals surface area contributed by atoms with Crippen LogP contribution in [0.5, 0.6) is 5.75 Å². The summed E-state index contributed by atoms with van der Waals surface area (Å²) < 4.78 is 11.4. The number of nitrogens with one attached hydrogen (secondary N) is 2. The molecular weight excluding hydrogens is 300 g/mol. The fourth-order valence-electron chi connectivity index (χ4n) is 3.13. The summed E-state index contributed by atoms with van der Waals surface area (Å²) in [6.07, 6.45) is 1.74. The zero-order chi connectivity index (χ0) is 15.9. The quantitative estimate of drug-likeness (QED) is 0.658. The molecule has 6 heteroatoms. The molecule has 1 fully saturated rings. The highest BCUT2D eigenvalue weighted by molar-refractivity contribution is 7.80. The third-order valence-electron chi connectivity index (χ3n) is 4.06. The summed E-state index contributed by atoms with van der Waals surface area (Å²) in [6.45, 7) is 7.74. The first-order chi connectivity index (χ1) is 10.5. The second-order valence-electron chi connectivity index (χ2n) is 5.48. The second kappa shape index (κ2) is 5.28. The summed E-state index contributed by atoms with van der Waals surface area (Å²) in [5.74, 6) is -0.132. The predicted octanol–water partition coefficient (Wildman–Crippen LogP) is 2.14. The van der Waals surface area contributed by atoms with Crippen molar-refractivity contribution in [2.75, 3.05) is 6.61 Å². The lowest BCUT2D eigenvalue weighted by Gasteiger charge is -2.50. The van der Waals surface area contributed by atoms with Crippen LogP contribution in [0.4, 0.5) is 0 Å². The maximum absolute atomic E-state index is 12.4. The molecule has 2 heterocycles. The van der Waals surface area contributed by atoms with Crippen molar-refractivity contribution < 1.29 is 14.3 Å². The highest BCUT2D eigenvalue weighted by Crippen LogP contribution is 2.46. The van der Waals surface area contributed by atoms with E-state index in [9.17, 15) is 4.79 Å². The van der Waals surface area contributed by atoms with Gasteiger partial charge in [0.2, 0.25) is 0 Å². The molecule has 2 N–H and O–H groups in total. The van der Waals surface area contributed by atoms with E-state index in [1.54, 1.807) is 13.0 Å². The SMILES string of the molecule is C=Cc1cccc2c1O[C@]1(C)NC(=S)NC2C1C(=O)OCC. The van der Waals surface area contributed by atoms with Crippen molar-refractivity contribution in [1.29, 1.82) is 0 Å². The summed E-state index contributed by atoms with van der Waals surface area (Å²) in [5, 5.41) is 6.70. The van der Waals surface area contributed by atoms with Crippen LogP contribution in [-0.4, -0.2) is 23.4 Å². The Kier molecular flexibility index (Phi) is 3.56. The minimum Gasteiger partial charge on any atom is -0.466 e. The Labute approximate surface area is 134 Å². The van der Waals surface area contributed by atoms with Crippen LogP contribution >= 0.6 is 12.2 Å². The molecule has 0 radical (unpaired) electrons. The van der Waals surface area contributed by atoms with Crippen molar-refractivity contribution in [3.63, 3.8) is 0 Å². The van der Waals surface area contributed by atoms with E-state index in [2.05, 4.69) is 17.2 Å². The molecule has 5 nitrogen and oxygen atoms in total. The number of thiocarbonyl (C=S) groups is 1. The molecule has 2 bridgehead atoms. The van der Waals surface area contributed by atoms with Crippen molar-refractivity contribution in [3.05, 3.63) is 35.9 Å². The maximum atomic E-state index is 12.4. The number of ether oxygens (including phenoxy) is 2. The Morgan fingerprint density at radius 2 is 2.36 bits per heavy atom. The average Bonchev–Trinajstić information content (AvgIpc) is 2.45. The Hall–Kier alpha value is -2.08. The zero-order valence-corrected chi connectivity index (χ0v) is 13.3. The summed E-state index contributed by atoms with van der Waals surface area (Å²) >= 11 is 5.25. The van der Waals surface area contributed by atoms with Crippen molar-refractivity contribution in [1.82, 2.24) is 10.6 Å². The Balaban J connectivity index is 2.14. The molecule has 1 saturated heterocycles. The molecule has 0 aromatic heterocycles. The highest BCUT2D eigenvalue weighted by Gasteiger charge is 2.55. The molecule has 3 atom stereocenters. The smallest absolute Gasteiger partial charge is 0.317 e. The van der Waals surface area contributed by atoms with Gasteiger partial charge in [0, 0.05) is 11.1 Å². The number of hydrogen-bond donors (Lipinski definition) is 2. The number of fused-ring (bicyclic) bond motifs is 4. The van der Waals surface area contributed by atoms with Gasteiger partial charge in [-0.25, -0.2) is 0 Å². The minimum atomic E-state index is -0.953. The van der Waals surface area contributed by atoms with E-state index < -0.39 is 11.6 Å². The molecule has 3 rings (SSSR count). The van der Waals surface area contributed by atoms with Gasteiger partial charge in [0.15, 0.2) is 10.8 Å². The summed E-state index contributed by atoms with van der Waals surface area (Å²) in [7, 11) is 0. The molecule has 2 unspecified atom stereocenters. The predicted molar refractivity (Wildman–Crippen MR) is 87.3 cm³/mol. The van der Waals surface area contributed by atoms with Crippen molar-refractivity contribution >= 4 is 29.4 Å². The third kappa shape index (κ3) is 2.14. The number of hydrogen-bond acceptors (Lipinski definition) is 4. The molecule has 0 spiro atoms. The van der Waals surface area contributed by atoms with Gasteiger partial charge in [-0.05, 0) is 26.1 Å². The van der Waals surface area contributed by atoms with Gasteiger partial charge >= 0.3 is 5.97 Å². The molecule has 2 aliphatic rings. The van der Waals surface area contributed by atoms with E-state index in [-0.39, 0.29) is 12.0 Å². The van der Waals surface area contributed by atoms with Gasteiger partial charge in [0.05, 0.1) is 12.6 Å². The molecule has 116 valence electrons. The lowest BCUT2D eigenvalue weighted by molar-refractivity contribution is -0.162. The van der Waals surface area contributed by atoms with E-state index in [1.165, 1.54) is 0 Å². The van der Waals surface area contributed by atoms with Gasteiger partial charge in [-0.1, -0.05) is 30.9 Å². The maximum Gasteiger partial charge on any atom is 0.317 e. The Morgan fingerprint density at radius 3 is 3.05 bits per heavy atom. The fraction of sp³-hybridized carbons (Fsp3) is 0.375. The van der Waals surface area contributed by atoms with E-state index in [0.717, 1.165) is 11.1 Å². The third-order valence-corrected chi connectivity index (χ3v) is 4.28. The lowest BCUT2D eigenvalue weighted by atomic mass is 9.80. The summed E-state index contributed by atoms with van der Waals surface area (Å²) in [6, 6.07) is 5.48. The first-order valence-electron chi connectivity index (χ1n) is 7.20. The first-order valence-corrected chi connectivity index (χ1v) is 7.60. The minimum absolute atomic E-state index is 0.290. The van der Waals surface area contributed by atoms with Crippen LogP contribution in [0.1, 0.15) is 31.0 Å². The molecular formula is C16H18N2O3S. The number of para-hydroxylation sites is 1. The molecule has 0 saturated carbocycles. The molecule has 1 aromatic rings. The van der Waals surface area contributed by atoms with Crippen LogP contribution in [-0.2, 0) is 9.53 Å². The van der Waals surface area contributed by atoms with Gasteiger partial charge in [0.25, 0.3) is 0 Å². The molecule has 22 heavy (non-hydrogen) atoms. The lowest BCUT2D eigenvalue weighted by Crippen LogP contribution is -2.70. The van der Waals surface area contributed by atoms with Crippen LogP contribution in [0.25, 0.3) is 6.08 Å². The Morgan fingerprint density at radius 1 is 1.59 bits per heavy atom. The van der Waals surface area contributed by atoms with Crippen molar-refractivity contribution in [2.24, 2.45) is 5.92 Å². The number of esters is 1. The summed E-state index contributed by atoms with van der Waals surface area (Å²) in [4.78, 5) is 12.4. The first kappa shape index (κ1) is 14.8. The molecule has 2 aliphatic heterocycles. The van der Waals surface area contributed by atoms with Crippen LogP contribution in [0.15, 0.2) is 24.8 Å². The van der Waals surface area contributed by atoms with Crippen LogP contribution in [0, 0.1) is 5.92 Å². The number of carbonyl (C=O) groups excluding carboxylic acids is 1. The van der Waals surface area contributed by atoms with Gasteiger partial charge in [-0.15, -0.1) is 0 Å². The summed E-state index contributed by atoms with van der Waals surface area (Å²) in [5.41, 5.74) is 0.815. The van der Waals surface area contributed by atoms with Gasteiger partial charge < -0.3 is 20.1 Å². The number of rotatable bonds is 3. The van der Waals surface area contributed by atoms with Gasteiger partial charge in [-0.2, -0.15) is 0 Å². The number of benzene rings is 1. The topological polar surface area (TPSA) is 59.6 Å². The second-order valence-corrected chi connectivity index (χ2v) is 5.89. The Bertz CT molecular complexity index is 661. The van der Waals surface area contributed by atoms with Gasteiger partial charge in [-0.3, -0.25) is 4.79 Å². The number of carbonyl (C=O) groups is 1. The van der Waals surface area contributed by atoms with Crippen LogP contribution in [0.3, 0.4) is 0 Å². The highest BCUT2D eigenvalue weighted by atomic mass is 32.1. The molecule has 1 aromatic carbocycles. The van der Waals surface area contributed by atoms with E-state index in [4.69, 9.17) is 21.7 Å². The van der Waals surface area contributed by atoms with Gasteiger partial charge in [0.1, 0.15) is 11.7 Å².